The number of aromatic amines is 1. The number of aromatic nitrogens is 5. The normalized spacial score (nSPS) is 17.8. The SMILES string of the molecule is Cc1[nH]nc2nccc(N3CCCC3Cn3cnc4ccccc43)c12. The highest BCUT2D eigenvalue weighted by Gasteiger charge is 2.27. The number of aryl methyl sites for hydroxylation is 1. The summed E-state index contributed by atoms with van der Waals surface area (Å²) in [5.74, 6) is 0. The molecule has 1 fully saturated rings. The van der Waals surface area contributed by atoms with Crippen molar-refractivity contribution < 1.29 is 0 Å². The first-order valence-corrected chi connectivity index (χ1v) is 8.77. The predicted molar refractivity (Wildman–Crippen MR) is 98.7 cm³/mol. The van der Waals surface area contributed by atoms with E-state index in [1.165, 1.54) is 24.0 Å². The Balaban J connectivity index is 1.52. The molecule has 5 rings (SSSR count). The molecule has 0 spiro atoms. The lowest BCUT2D eigenvalue weighted by molar-refractivity contribution is 0.560. The summed E-state index contributed by atoms with van der Waals surface area (Å²) in [5.41, 5.74) is 5.38. The van der Waals surface area contributed by atoms with E-state index in [-0.39, 0.29) is 0 Å². The maximum atomic E-state index is 4.53. The van der Waals surface area contributed by atoms with Gasteiger partial charge in [0.1, 0.15) is 0 Å². The van der Waals surface area contributed by atoms with Crippen LogP contribution in [0.2, 0.25) is 0 Å². The van der Waals surface area contributed by atoms with Gasteiger partial charge in [-0.25, -0.2) is 9.97 Å². The van der Waals surface area contributed by atoms with Crippen LogP contribution in [-0.2, 0) is 6.54 Å². The maximum absolute atomic E-state index is 4.53. The van der Waals surface area contributed by atoms with Crippen molar-refractivity contribution in [2.24, 2.45) is 0 Å². The van der Waals surface area contributed by atoms with Crippen LogP contribution < -0.4 is 4.90 Å². The quantitative estimate of drug-likeness (QED) is 0.625. The van der Waals surface area contributed by atoms with Crippen molar-refractivity contribution in [2.45, 2.75) is 32.4 Å². The van der Waals surface area contributed by atoms with E-state index < -0.39 is 0 Å². The molecule has 6 nitrogen and oxygen atoms in total. The van der Waals surface area contributed by atoms with Crippen molar-refractivity contribution in [1.29, 1.82) is 0 Å². The smallest absolute Gasteiger partial charge is 0.183 e. The van der Waals surface area contributed by atoms with Crippen LogP contribution in [0.5, 0.6) is 0 Å². The number of hydrogen-bond acceptors (Lipinski definition) is 4. The fourth-order valence-corrected chi connectivity index (χ4v) is 4.04. The van der Waals surface area contributed by atoms with Gasteiger partial charge in [0.15, 0.2) is 5.65 Å². The summed E-state index contributed by atoms with van der Waals surface area (Å²) in [5, 5.41) is 8.53. The van der Waals surface area contributed by atoms with Gasteiger partial charge >= 0.3 is 0 Å². The second-order valence-electron chi connectivity index (χ2n) is 6.75. The molecule has 1 aromatic carbocycles. The lowest BCUT2D eigenvalue weighted by Crippen LogP contribution is -2.33. The molecule has 0 radical (unpaired) electrons. The van der Waals surface area contributed by atoms with E-state index in [9.17, 15) is 0 Å². The van der Waals surface area contributed by atoms with Crippen LogP contribution in [0.25, 0.3) is 22.1 Å². The Morgan fingerprint density at radius 2 is 2.12 bits per heavy atom. The van der Waals surface area contributed by atoms with Gasteiger partial charge in [0.2, 0.25) is 0 Å². The Kier molecular flexibility index (Phi) is 3.23. The van der Waals surface area contributed by atoms with Gasteiger partial charge in [0.25, 0.3) is 0 Å². The highest BCUT2D eigenvalue weighted by molar-refractivity contribution is 5.91. The zero-order chi connectivity index (χ0) is 16.8. The molecule has 6 heteroatoms. The number of hydrogen-bond donors (Lipinski definition) is 1. The number of fused-ring (bicyclic) bond motifs is 2. The number of benzene rings is 1. The second kappa shape index (κ2) is 5.58. The largest absolute Gasteiger partial charge is 0.366 e. The van der Waals surface area contributed by atoms with Gasteiger partial charge in [-0.3, -0.25) is 5.10 Å². The number of H-pyrrole nitrogens is 1. The lowest BCUT2D eigenvalue weighted by Gasteiger charge is -2.28. The van der Waals surface area contributed by atoms with Crippen molar-refractivity contribution in [3.63, 3.8) is 0 Å². The topological polar surface area (TPSA) is 62.6 Å². The van der Waals surface area contributed by atoms with Gasteiger partial charge in [-0.2, -0.15) is 5.10 Å². The average Bonchev–Trinajstić information content (AvgIpc) is 3.35. The monoisotopic (exact) mass is 332 g/mol. The van der Waals surface area contributed by atoms with E-state index in [4.69, 9.17) is 0 Å². The summed E-state index contributed by atoms with van der Waals surface area (Å²) in [6.07, 6.45) is 6.22. The molecule has 1 aliphatic rings. The molecule has 0 bridgehead atoms. The number of nitrogens with zero attached hydrogens (tertiary/aromatic N) is 5. The molecule has 1 atom stereocenters. The Morgan fingerprint density at radius 1 is 1.20 bits per heavy atom. The van der Waals surface area contributed by atoms with E-state index in [0.29, 0.717) is 6.04 Å². The van der Waals surface area contributed by atoms with Crippen LogP contribution in [0, 0.1) is 6.92 Å². The molecule has 4 heterocycles. The number of pyridine rings is 1. The molecule has 0 amide bonds. The van der Waals surface area contributed by atoms with Gasteiger partial charge in [0.05, 0.1) is 28.4 Å². The number of nitrogens with one attached hydrogen (secondary N) is 1. The third-order valence-corrected chi connectivity index (χ3v) is 5.23. The minimum Gasteiger partial charge on any atom is -0.366 e. The molecule has 1 N–H and O–H groups in total. The Bertz CT molecular complexity index is 1050. The first kappa shape index (κ1) is 14.5. The molecule has 3 aromatic heterocycles. The van der Waals surface area contributed by atoms with Crippen LogP contribution >= 0.6 is 0 Å². The van der Waals surface area contributed by atoms with Crippen LogP contribution in [-0.4, -0.2) is 37.3 Å². The van der Waals surface area contributed by atoms with Crippen molar-refractivity contribution >= 4 is 27.8 Å². The Morgan fingerprint density at radius 3 is 3.08 bits per heavy atom. The average molecular weight is 332 g/mol. The molecule has 25 heavy (non-hydrogen) atoms. The highest BCUT2D eigenvalue weighted by atomic mass is 15.2. The van der Waals surface area contributed by atoms with Gasteiger partial charge < -0.3 is 9.47 Å². The zero-order valence-corrected chi connectivity index (χ0v) is 14.2. The van der Waals surface area contributed by atoms with Crippen LogP contribution in [0.3, 0.4) is 0 Å². The van der Waals surface area contributed by atoms with Crippen LogP contribution in [0.4, 0.5) is 5.69 Å². The molecule has 4 aromatic rings. The lowest BCUT2D eigenvalue weighted by atomic mass is 10.1. The number of rotatable bonds is 3. The van der Waals surface area contributed by atoms with Crippen molar-refractivity contribution in [3.8, 4) is 0 Å². The number of anilines is 1. The molecule has 1 saturated heterocycles. The third kappa shape index (κ3) is 2.28. The first-order chi connectivity index (χ1) is 12.3. The molecular weight excluding hydrogens is 312 g/mol. The minimum atomic E-state index is 0.456. The summed E-state index contributed by atoms with van der Waals surface area (Å²) in [4.78, 5) is 11.4. The molecule has 0 saturated carbocycles. The highest BCUT2D eigenvalue weighted by Crippen LogP contribution is 2.33. The van der Waals surface area contributed by atoms with Crippen LogP contribution in [0.15, 0.2) is 42.9 Å². The van der Waals surface area contributed by atoms with Crippen molar-refractivity contribution in [2.75, 3.05) is 11.4 Å². The summed E-state index contributed by atoms with van der Waals surface area (Å²) < 4.78 is 2.28. The molecule has 1 aliphatic heterocycles. The van der Waals surface area contributed by atoms with E-state index in [2.05, 4.69) is 60.8 Å². The van der Waals surface area contributed by atoms with Crippen LogP contribution in [0.1, 0.15) is 18.5 Å². The third-order valence-electron chi connectivity index (χ3n) is 5.23. The van der Waals surface area contributed by atoms with E-state index in [0.717, 1.165) is 35.3 Å². The number of para-hydroxylation sites is 2. The van der Waals surface area contributed by atoms with Gasteiger partial charge in [-0.15, -0.1) is 0 Å². The summed E-state index contributed by atoms with van der Waals surface area (Å²) in [6.45, 7) is 4.08. The first-order valence-electron chi connectivity index (χ1n) is 8.77. The fourth-order valence-electron chi connectivity index (χ4n) is 4.04. The van der Waals surface area contributed by atoms with E-state index in [1.54, 1.807) is 0 Å². The molecule has 0 aliphatic carbocycles. The molecule has 1 unspecified atom stereocenters. The summed E-state index contributed by atoms with van der Waals surface area (Å²) >= 11 is 0. The minimum absolute atomic E-state index is 0.456. The van der Waals surface area contributed by atoms with Gasteiger partial charge in [-0.1, -0.05) is 12.1 Å². The second-order valence-corrected chi connectivity index (χ2v) is 6.75. The van der Waals surface area contributed by atoms with Gasteiger partial charge in [-0.05, 0) is 38.0 Å². The van der Waals surface area contributed by atoms with Crippen molar-refractivity contribution in [3.05, 3.63) is 48.5 Å². The van der Waals surface area contributed by atoms with E-state index >= 15 is 0 Å². The number of imidazole rings is 1. The Labute approximate surface area is 145 Å². The molecular formula is C19H20N6. The predicted octanol–water partition coefficient (Wildman–Crippen LogP) is 3.29. The van der Waals surface area contributed by atoms with Crippen molar-refractivity contribution in [1.82, 2.24) is 24.7 Å². The summed E-state index contributed by atoms with van der Waals surface area (Å²) in [6, 6.07) is 10.9. The summed E-state index contributed by atoms with van der Waals surface area (Å²) in [7, 11) is 0. The van der Waals surface area contributed by atoms with Gasteiger partial charge in [0, 0.05) is 31.0 Å². The molecule has 126 valence electrons. The van der Waals surface area contributed by atoms with E-state index in [1.807, 2.05) is 18.6 Å². The Hall–Kier alpha value is -2.89. The standard InChI is InChI=1S/C19H20N6/c1-13-18-17(8-9-20-19(18)23-22-13)25-10-4-5-14(25)11-24-12-21-15-6-2-3-7-16(15)24/h2-3,6-9,12,14H,4-5,10-11H2,1H3,(H,20,22,23). The zero-order valence-electron chi connectivity index (χ0n) is 14.2. The fraction of sp³-hybridized carbons (Fsp3) is 0.316. The maximum Gasteiger partial charge on any atom is 0.183 e.